The summed E-state index contributed by atoms with van der Waals surface area (Å²) in [6, 6.07) is 4.01. The lowest BCUT2D eigenvalue weighted by Crippen LogP contribution is -2.30. The van der Waals surface area contributed by atoms with Crippen LogP contribution in [0.1, 0.15) is 10.4 Å². The zero-order valence-electron chi connectivity index (χ0n) is 9.15. The molecule has 0 atom stereocenters. The van der Waals surface area contributed by atoms with Crippen molar-refractivity contribution >= 4 is 21.9 Å². The van der Waals surface area contributed by atoms with E-state index in [9.17, 15) is 4.79 Å². The first-order chi connectivity index (χ1) is 8.11. The topological polar surface area (TPSA) is 78.8 Å². The second-order valence-corrected chi connectivity index (χ2v) is 4.19. The van der Waals surface area contributed by atoms with Crippen molar-refractivity contribution in [1.29, 1.82) is 0 Å². The van der Waals surface area contributed by atoms with E-state index in [4.69, 9.17) is 14.9 Å². The van der Waals surface area contributed by atoms with Gasteiger partial charge < -0.3 is 20.3 Å². The Morgan fingerprint density at radius 1 is 1.35 bits per heavy atom. The van der Waals surface area contributed by atoms with Gasteiger partial charge in [-0.05, 0) is 34.1 Å². The predicted octanol–water partition coefficient (Wildman–Crippen LogP) is 1.46. The zero-order chi connectivity index (χ0) is 12.7. The maximum Gasteiger partial charge on any atom is 0.335 e. The number of hydrogen-bond acceptors (Lipinski definition) is 4. The fraction of sp³-hybridized carbons (Fsp3) is 0.364. The quantitative estimate of drug-likeness (QED) is 0.732. The molecule has 5 nitrogen and oxygen atoms in total. The van der Waals surface area contributed by atoms with Crippen LogP contribution in [0.25, 0.3) is 0 Å². The Kier molecular flexibility index (Phi) is 5.96. The van der Waals surface area contributed by atoms with Crippen LogP contribution in [0.3, 0.4) is 0 Å². The number of rotatable bonds is 1. The molecule has 3 N–H and O–H groups in total. The lowest BCUT2D eigenvalue weighted by molar-refractivity contribution is 0.0697. The van der Waals surface area contributed by atoms with Crippen molar-refractivity contribution in [2.45, 2.75) is 0 Å². The lowest BCUT2D eigenvalue weighted by atomic mass is 10.2. The first-order valence-corrected chi connectivity index (χ1v) is 5.91. The highest BCUT2D eigenvalue weighted by Gasteiger charge is 2.04. The van der Waals surface area contributed by atoms with Crippen LogP contribution in [0.5, 0.6) is 5.75 Å². The van der Waals surface area contributed by atoms with E-state index in [1.807, 2.05) is 0 Å². The maximum atomic E-state index is 10.4. The minimum atomic E-state index is -1.01. The Balaban J connectivity index is 0.000000202. The number of ether oxygens (including phenoxy) is 1. The van der Waals surface area contributed by atoms with E-state index in [1.54, 1.807) is 0 Å². The van der Waals surface area contributed by atoms with E-state index in [0.29, 0.717) is 4.47 Å². The fourth-order valence-electron chi connectivity index (χ4n) is 1.16. The minimum Gasteiger partial charge on any atom is -0.507 e. The number of carboxylic acid groups (broad SMARTS) is 1. The Morgan fingerprint density at radius 3 is 2.35 bits per heavy atom. The van der Waals surface area contributed by atoms with Gasteiger partial charge in [0.05, 0.1) is 23.2 Å². The van der Waals surface area contributed by atoms with Crippen molar-refractivity contribution in [2.24, 2.45) is 0 Å². The van der Waals surface area contributed by atoms with Crippen molar-refractivity contribution in [3.05, 3.63) is 28.2 Å². The molecule has 1 aromatic rings. The molecule has 0 spiro atoms. The number of phenolic OH excluding ortho intramolecular Hbond substituents is 1. The normalized spacial score (nSPS) is 14.6. The molecule has 0 saturated carbocycles. The van der Waals surface area contributed by atoms with Crippen LogP contribution in [0.15, 0.2) is 22.7 Å². The molecule has 1 fully saturated rings. The molecule has 0 aliphatic carbocycles. The van der Waals surface area contributed by atoms with Gasteiger partial charge in [-0.2, -0.15) is 0 Å². The Hall–Kier alpha value is -1.11. The molecule has 17 heavy (non-hydrogen) atoms. The van der Waals surface area contributed by atoms with Crippen LogP contribution in [-0.4, -0.2) is 42.5 Å². The van der Waals surface area contributed by atoms with Crippen molar-refractivity contribution < 1.29 is 19.7 Å². The summed E-state index contributed by atoms with van der Waals surface area (Å²) in [6.07, 6.45) is 0. The van der Waals surface area contributed by atoms with Crippen molar-refractivity contribution in [1.82, 2.24) is 5.32 Å². The summed E-state index contributed by atoms with van der Waals surface area (Å²) in [5, 5.41) is 20.6. The molecule has 2 rings (SSSR count). The molecule has 0 bridgehead atoms. The molecule has 0 aromatic heterocycles. The molecule has 0 amide bonds. The first kappa shape index (κ1) is 14.0. The smallest absolute Gasteiger partial charge is 0.335 e. The zero-order valence-corrected chi connectivity index (χ0v) is 10.7. The van der Waals surface area contributed by atoms with Gasteiger partial charge in [0.25, 0.3) is 0 Å². The molecule has 1 saturated heterocycles. The average Bonchev–Trinajstić information content (AvgIpc) is 2.35. The molecular formula is C11H14BrNO4. The molecule has 0 radical (unpaired) electrons. The maximum absolute atomic E-state index is 10.4. The number of nitrogens with one attached hydrogen (secondary N) is 1. The molecule has 94 valence electrons. The van der Waals surface area contributed by atoms with Gasteiger partial charge in [-0.3, -0.25) is 0 Å². The molecule has 1 aliphatic rings. The van der Waals surface area contributed by atoms with E-state index in [1.165, 1.54) is 18.2 Å². The van der Waals surface area contributed by atoms with Gasteiger partial charge in [-0.1, -0.05) is 0 Å². The van der Waals surface area contributed by atoms with Crippen LogP contribution >= 0.6 is 15.9 Å². The van der Waals surface area contributed by atoms with Gasteiger partial charge in [-0.15, -0.1) is 0 Å². The lowest BCUT2D eigenvalue weighted by Gasteiger charge is -2.10. The summed E-state index contributed by atoms with van der Waals surface area (Å²) >= 11 is 3.00. The van der Waals surface area contributed by atoms with Gasteiger partial charge in [0.1, 0.15) is 5.75 Å². The van der Waals surface area contributed by atoms with Gasteiger partial charge in [0.15, 0.2) is 0 Å². The highest BCUT2D eigenvalue weighted by Crippen LogP contribution is 2.23. The Bertz CT molecular complexity index is 368. The molecule has 1 aliphatic heterocycles. The monoisotopic (exact) mass is 303 g/mol. The number of hydrogen-bond donors (Lipinski definition) is 3. The predicted molar refractivity (Wildman–Crippen MR) is 66.5 cm³/mol. The van der Waals surface area contributed by atoms with E-state index < -0.39 is 5.97 Å². The number of carboxylic acids is 1. The Labute approximate surface area is 108 Å². The molecule has 1 heterocycles. The molecule has 0 unspecified atom stereocenters. The van der Waals surface area contributed by atoms with Crippen molar-refractivity contribution in [3.63, 3.8) is 0 Å². The number of phenols is 1. The van der Waals surface area contributed by atoms with Gasteiger partial charge in [-0.25, -0.2) is 4.79 Å². The van der Waals surface area contributed by atoms with E-state index in [2.05, 4.69) is 21.2 Å². The van der Waals surface area contributed by atoms with Gasteiger partial charge >= 0.3 is 5.97 Å². The number of benzene rings is 1. The van der Waals surface area contributed by atoms with Crippen LogP contribution < -0.4 is 5.32 Å². The second kappa shape index (κ2) is 7.26. The molecule has 1 aromatic carbocycles. The largest absolute Gasteiger partial charge is 0.507 e. The number of morpholine rings is 1. The number of aromatic hydroxyl groups is 1. The van der Waals surface area contributed by atoms with Gasteiger partial charge in [0.2, 0.25) is 0 Å². The second-order valence-electron chi connectivity index (χ2n) is 3.33. The summed E-state index contributed by atoms with van der Waals surface area (Å²) in [5.74, 6) is -0.972. The molecule has 6 heteroatoms. The number of carbonyl (C=O) groups is 1. The van der Waals surface area contributed by atoms with Crippen LogP contribution in [0.2, 0.25) is 0 Å². The summed E-state index contributed by atoms with van der Waals surface area (Å²) in [4.78, 5) is 10.4. The van der Waals surface area contributed by atoms with E-state index >= 15 is 0 Å². The van der Waals surface area contributed by atoms with Crippen LogP contribution in [0, 0.1) is 0 Å². The highest BCUT2D eigenvalue weighted by atomic mass is 79.9. The third-order valence-electron chi connectivity index (χ3n) is 2.04. The summed E-state index contributed by atoms with van der Waals surface area (Å²) in [5.41, 5.74) is 0.148. The third kappa shape index (κ3) is 5.16. The summed E-state index contributed by atoms with van der Waals surface area (Å²) < 4.78 is 5.39. The Morgan fingerprint density at radius 2 is 2.00 bits per heavy atom. The van der Waals surface area contributed by atoms with Crippen molar-refractivity contribution in [2.75, 3.05) is 26.3 Å². The van der Waals surface area contributed by atoms with Crippen LogP contribution in [-0.2, 0) is 4.74 Å². The SMILES string of the molecule is C1COCCN1.O=C(O)c1ccc(O)c(Br)c1. The highest BCUT2D eigenvalue weighted by molar-refractivity contribution is 9.10. The van der Waals surface area contributed by atoms with Gasteiger partial charge in [0, 0.05) is 13.1 Å². The van der Waals surface area contributed by atoms with E-state index in [0.717, 1.165) is 26.3 Å². The summed E-state index contributed by atoms with van der Waals surface area (Å²) in [7, 11) is 0. The minimum absolute atomic E-state index is 0.0370. The number of halogens is 1. The van der Waals surface area contributed by atoms with Crippen LogP contribution in [0.4, 0.5) is 0 Å². The molecular weight excluding hydrogens is 290 g/mol. The number of aromatic carboxylic acids is 1. The first-order valence-electron chi connectivity index (χ1n) is 5.11. The fourth-order valence-corrected chi connectivity index (χ4v) is 1.53. The average molecular weight is 304 g/mol. The van der Waals surface area contributed by atoms with E-state index in [-0.39, 0.29) is 11.3 Å². The standard InChI is InChI=1S/C7H5BrO3.C4H9NO/c8-5-3-4(7(10)11)1-2-6(5)9;1-3-6-4-2-5-1/h1-3,9H,(H,10,11);5H,1-4H2. The summed E-state index contributed by atoms with van der Waals surface area (Å²) in [6.45, 7) is 3.83. The van der Waals surface area contributed by atoms with Crippen molar-refractivity contribution in [3.8, 4) is 5.75 Å². The third-order valence-corrected chi connectivity index (χ3v) is 2.68.